The summed E-state index contributed by atoms with van der Waals surface area (Å²) in [7, 11) is 0. The number of hydrogen-bond donors (Lipinski definition) is 1. The maximum Gasteiger partial charge on any atom is 0.248 e. The lowest BCUT2D eigenvalue weighted by Gasteiger charge is -2.56. The van der Waals surface area contributed by atoms with Crippen LogP contribution in [0.4, 0.5) is 4.39 Å². The first-order valence-corrected chi connectivity index (χ1v) is 15.6. The second kappa shape index (κ2) is 9.93. The van der Waals surface area contributed by atoms with E-state index in [0.717, 1.165) is 67.5 Å². The molecule has 4 unspecified atom stereocenters. The van der Waals surface area contributed by atoms with Crippen molar-refractivity contribution in [1.29, 1.82) is 0 Å². The van der Waals surface area contributed by atoms with E-state index in [1.165, 1.54) is 17.2 Å². The monoisotopic (exact) mass is 567 g/mol. The quantitative estimate of drug-likeness (QED) is 0.431. The molecule has 4 fully saturated rings. The minimum Gasteiger partial charge on any atom is -0.350 e. The summed E-state index contributed by atoms with van der Waals surface area (Å²) in [6.07, 6.45) is 6.97. The number of ether oxygens (including phenoxy) is 1. The highest BCUT2D eigenvalue weighted by atomic mass is 19.1. The number of fused-ring (bicyclic) bond motifs is 4. The summed E-state index contributed by atoms with van der Waals surface area (Å²) in [4.78, 5) is 28.0. The summed E-state index contributed by atoms with van der Waals surface area (Å²) in [6.45, 7) is 6.16. The molecule has 4 saturated heterocycles. The van der Waals surface area contributed by atoms with Crippen LogP contribution in [0.15, 0.2) is 61.2 Å². The average molecular weight is 568 g/mol. The first-order chi connectivity index (χ1) is 20.5. The molecular weight excluding hydrogens is 529 g/mol. The van der Waals surface area contributed by atoms with Crippen molar-refractivity contribution < 1.29 is 13.9 Å². The minimum absolute atomic E-state index is 0.0344. The largest absolute Gasteiger partial charge is 0.350 e. The zero-order valence-corrected chi connectivity index (χ0v) is 24.0. The van der Waals surface area contributed by atoms with Gasteiger partial charge in [0, 0.05) is 36.4 Å². The van der Waals surface area contributed by atoms with Crippen LogP contribution >= 0.6 is 0 Å². The van der Waals surface area contributed by atoms with E-state index >= 15 is 0 Å². The summed E-state index contributed by atoms with van der Waals surface area (Å²) in [6, 6.07) is 16.4. The van der Waals surface area contributed by atoms with Gasteiger partial charge in [0.2, 0.25) is 5.91 Å². The fourth-order valence-electron chi connectivity index (χ4n) is 8.76. The Labute approximate surface area is 246 Å². The molecule has 4 aliphatic heterocycles. The van der Waals surface area contributed by atoms with Crippen molar-refractivity contribution in [1.82, 2.24) is 25.1 Å². The molecule has 1 N–H and O–H groups in total. The number of rotatable bonds is 6. The zero-order chi connectivity index (χ0) is 28.5. The summed E-state index contributed by atoms with van der Waals surface area (Å²) in [5.41, 5.74) is 3.22. The van der Waals surface area contributed by atoms with Crippen molar-refractivity contribution in [2.24, 2.45) is 0 Å². The van der Waals surface area contributed by atoms with E-state index < -0.39 is 11.9 Å². The number of hydrogen-bond acceptors (Lipinski definition) is 6. The fourth-order valence-corrected chi connectivity index (χ4v) is 8.76. The van der Waals surface area contributed by atoms with Crippen molar-refractivity contribution >= 4 is 16.8 Å². The van der Waals surface area contributed by atoms with Crippen LogP contribution in [0.25, 0.3) is 10.9 Å². The standard InChI is InChI=1S/C34H38FN5O2/c1-2-29(41)40-18-15-28-34(40,42-21-33-16-8-17-39(33)20-23(35)19-33)31(37-28)30-26-12-5-6-14-27(26)36-32(38-30)25-13-7-10-22-9-3-4-11-24(22)25/h2-6,9,11-12,14,23,25,28,31,37H,1,7-8,10,13,15-21H2/t23-,25?,28?,31?,33+,34?/m1/s1. The molecule has 218 valence electrons. The van der Waals surface area contributed by atoms with E-state index in [1.54, 1.807) is 0 Å². The lowest BCUT2D eigenvalue weighted by Crippen LogP contribution is -2.75. The molecule has 42 heavy (non-hydrogen) atoms. The summed E-state index contributed by atoms with van der Waals surface area (Å²) in [5.74, 6) is 0.804. The third-order valence-corrected chi connectivity index (χ3v) is 10.7. The van der Waals surface area contributed by atoms with E-state index in [4.69, 9.17) is 14.7 Å². The van der Waals surface area contributed by atoms with Crippen LogP contribution in [-0.2, 0) is 16.0 Å². The molecule has 7 nitrogen and oxygen atoms in total. The molecule has 6 atom stereocenters. The van der Waals surface area contributed by atoms with Gasteiger partial charge < -0.3 is 9.64 Å². The highest BCUT2D eigenvalue weighted by molar-refractivity contribution is 5.88. The summed E-state index contributed by atoms with van der Waals surface area (Å²) < 4.78 is 21.7. The molecule has 1 aliphatic carbocycles. The molecule has 0 saturated carbocycles. The van der Waals surface area contributed by atoms with Gasteiger partial charge in [-0.25, -0.2) is 14.4 Å². The number of amides is 1. The number of benzene rings is 2. The molecule has 8 rings (SSSR count). The molecule has 8 heteroatoms. The van der Waals surface area contributed by atoms with Gasteiger partial charge in [-0.2, -0.15) is 0 Å². The summed E-state index contributed by atoms with van der Waals surface area (Å²) in [5, 5.41) is 4.72. The van der Waals surface area contributed by atoms with Crippen LogP contribution in [0.2, 0.25) is 0 Å². The Bertz CT molecular complexity index is 1560. The lowest BCUT2D eigenvalue weighted by atomic mass is 9.80. The van der Waals surface area contributed by atoms with Crippen molar-refractivity contribution in [3.8, 4) is 0 Å². The molecule has 0 radical (unpaired) electrons. The number of carbonyl (C=O) groups is 1. The number of para-hydroxylation sites is 1. The third kappa shape index (κ3) is 3.84. The Morgan fingerprint density at radius 1 is 1.12 bits per heavy atom. The van der Waals surface area contributed by atoms with Crippen LogP contribution in [0.3, 0.4) is 0 Å². The van der Waals surface area contributed by atoms with Crippen LogP contribution in [0.5, 0.6) is 0 Å². The fraction of sp³-hybridized carbons (Fsp3) is 0.500. The number of carbonyl (C=O) groups excluding carboxylic acids is 1. The zero-order valence-electron chi connectivity index (χ0n) is 24.0. The topological polar surface area (TPSA) is 70.6 Å². The normalized spacial score (nSPS) is 33.7. The van der Waals surface area contributed by atoms with Gasteiger partial charge in [-0.05, 0) is 68.3 Å². The Hall–Kier alpha value is -3.20. The molecule has 1 amide bonds. The van der Waals surface area contributed by atoms with Gasteiger partial charge in [0.25, 0.3) is 0 Å². The Balaban J connectivity index is 1.23. The summed E-state index contributed by atoms with van der Waals surface area (Å²) >= 11 is 0. The number of halogens is 1. The molecule has 2 aromatic carbocycles. The van der Waals surface area contributed by atoms with Gasteiger partial charge in [-0.15, -0.1) is 0 Å². The van der Waals surface area contributed by atoms with Gasteiger partial charge in [-0.3, -0.25) is 15.0 Å². The highest BCUT2D eigenvalue weighted by Gasteiger charge is 2.66. The molecular formula is C34H38FN5O2. The molecule has 5 heterocycles. The SMILES string of the molecule is C=CC(=O)N1CCC2NC(c3nc(C4CCCc5ccccc54)nc4ccccc34)C21OC[C@@]12CCCN1C[C@H](F)C2. The van der Waals surface area contributed by atoms with Crippen LogP contribution < -0.4 is 5.32 Å². The van der Waals surface area contributed by atoms with Gasteiger partial charge in [-0.1, -0.05) is 49.0 Å². The maximum atomic E-state index is 14.7. The lowest BCUT2D eigenvalue weighted by molar-refractivity contribution is -0.227. The van der Waals surface area contributed by atoms with Crippen molar-refractivity contribution in [2.45, 2.75) is 80.4 Å². The van der Waals surface area contributed by atoms with Crippen molar-refractivity contribution in [2.75, 3.05) is 26.2 Å². The van der Waals surface area contributed by atoms with Gasteiger partial charge >= 0.3 is 0 Å². The van der Waals surface area contributed by atoms with E-state index in [2.05, 4.69) is 53.2 Å². The van der Waals surface area contributed by atoms with E-state index in [-0.39, 0.29) is 29.4 Å². The number of alkyl halides is 1. The second-order valence-electron chi connectivity index (χ2n) is 12.9. The number of nitrogens with one attached hydrogen (secondary N) is 1. The average Bonchev–Trinajstić information content (AvgIpc) is 3.63. The predicted octanol–water partition coefficient (Wildman–Crippen LogP) is 4.82. The molecule has 0 spiro atoms. The van der Waals surface area contributed by atoms with Crippen LogP contribution in [-0.4, -0.2) is 75.4 Å². The molecule has 0 bridgehead atoms. The molecule has 3 aromatic rings. The number of nitrogens with zero attached hydrogens (tertiary/aromatic N) is 4. The first kappa shape index (κ1) is 26.4. The van der Waals surface area contributed by atoms with Crippen molar-refractivity contribution in [3.05, 3.63) is 83.8 Å². The Morgan fingerprint density at radius 2 is 1.98 bits per heavy atom. The minimum atomic E-state index is -0.915. The molecule has 1 aromatic heterocycles. The van der Waals surface area contributed by atoms with Crippen LogP contribution in [0, 0.1) is 0 Å². The van der Waals surface area contributed by atoms with Crippen LogP contribution in [0.1, 0.15) is 73.1 Å². The Kier molecular flexibility index (Phi) is 6.25. The second-order valence-corrected chi connectivity index (χ2v) is 12.9. The van der Waals surface area contributed by atoms with E-state index in [9.17, 15) is 9.18 Å². The molecule has 5 aliphatic rings. The number of aryl methyl sites for hydroxylation is 1. The predicted molar refractivity (Wildman–Crippen MR) is 159 cm³/mol. The van der Waals surface area contributed by atoms with Gasteiger partial charge in [0.1, 0.15) is 18.0 Å². The van der Waals surface area contributed by atoms with Crippen molar-refractivity contribution in [3.63, 3.8) is 0 Å². The Morgan fingerprint density at radius 3 is 2.88 bits per heavy atom. The van der Waals surface area contributed by atoms with E-state index in [0.29, 0.717) is 26.1 Å². The smallest absolute Gasteiger partial charge is 0.248 e. The number of aromatic nitrogens is 2. The van der Waals surface area contributed by atoms with Gasteiger partial charge in [0.15, 0.2) is 5.72 Å². The highest BCUT2D eigenvalue weighted by Crippen LogP contribution is 2.52. The van der Waals surface area contributed by atoms with Gasteiger partial charge in [0.05, 0.1) is 23.9 Å². The maximum absolute atomic E-state index is 14.7. The van der Waals surface area contributed by atoms with E-state index in [1.807, 2.05) is 17.0 Å². The first-order valence-electron chi connectivity index (χ1n) is 15.6. The third-order valence-electron chi connectivity index (χ3n) is 10.7. The number of likely N-dealkylation sites (tertiary alicyclic amines) is 1.